The van der Waals surface area contributed by atoms with Gasteiger partial charge in [-0.3, -0.25) is 9.69 Å². The highest BCUT2D eigenvalue weighted by atomic mass is 16.5. The van der Waals surface area contributed by atoms with Crippen molar-refractivity contribution in [2.75, 3.05) is 52.5 Å². The number of ether oxygens (including phenoxy) is 2. The lowest BCUT2D eigenvalue weighted by Gasteiger charge is -2.34. The fraction of sp³-hybridized carbons (Fsp3) is 0.720. The second-order valence-corrected chi connectivity index (χ2v) is 8.73. The molecule has 1 heterocycles. The molecule has 1 aliphatic heterocycles. The minimum atomic E-state index is -0.222. The Morgan fingerprint density at radius 3 is 2.44 bits per heavy atom. The number of phenolic OH excluding ortho intramolecular Hbond substituents is 1. The van der Waals surface area contributed by atoms with E-state index in [0.29, 0.717) is 24.7 Å². The van der Waals surface area contributed by atoms with Gasteiger partial charge < -0.3 is 24.6 Å². The minimum Gasteiger partial charge on any atom is -0.508 e. The number of aliphatic hydroxyl groups excluding tert-OH is 1. The smallest absolute Gasteiger partial charge is 0.306 e. The van der Waals surface area contributed by atoms with Crippen molar-refractivity contribution in [3.05, 3.63) is 23.8 Å². The number of phenols is 1. The highest BCUT2D eigenvalue weighted by Crippen LogP contribution is 2.24. The van der Waals surface area contributed by atoms with Crippen LogP contribution >= 0.6 is 0 Å². The summed E-state index contributed by atoms with van der Waals surface area (Å²) in [6.07, 6.45) is 5.75. The molecule has 2 rings (SSSR count). The van der Waals surface area contributed by atoms with Crippen molar-refractivity contribution in [1.82, 2.24) is 9.80 Å². The molecule has 0 amide bonds. The molecule has 0 bridgehead atoms. The summed E-state index contributed by atoms with van der Waals surface area (Å²) in [5, 5.41) is 19.0. The molecule has 0 aliphatic carbocycles. The van der Waals surface area contributed by atoms with Crippen molar-refractivity contribution in [3.8, 4) is 11.5 Å². The van der Waals surface area contributed by atoms with Crippen LogP contribution < -0.4 is 4.74 Å². The minimum absolute atomic E-state index is 0.121. The number of esters is 1. The summed E-state index contributed by atoms with van der Waals surface area (Å²) in [6.45, 7) is 10.8. The molecular weight excluding hydrogens is 408 g/mol. The normalized spacial score (nSPS) is 16.1. The number of benzene rings is 1. The predicted molar refractivity (Wildman–Crippen MR) is 126 cm³/mol. The Morgan fingerprint density at radius 1 is 1.06 bits per heavy atom. The highest BCUT2D eigenvalue weighted by molar-refractivity contribution is 5.69. The van der Waals surface area contributed by atoms with E-state index < -0.39 is 0 Å². The summed E-state index contributed by atoms with van der Waals surface area (Å²) in [6, 6.07) is 5.06. The van der Waals surface area contributed by atoms with Gasteiger partial charge in [-0.05, 0) is 43.0 Å². The van der Waals surface area contributed by atoms with Gasteiger partial charge in [0.15, 0.2) is 0 Å². The predicted octanol–water partition coefficient (Wildman–Crippen LogP) is 3.42. The first kappa shape index (κ1) is 26.4. The summed E-state index contributed by atoms with van der Waals surface area (Å²) in [7, 11) is 0. The van der Waals surface area contributed by atoms with Crippen LogP contribution in [-0.2, 0) is 16.1 Å². The maximum atomic E-state index is 12.1. The Labute approximate surface area is 193 Å². The Kier molecular flexibility index (Phi) is 12.5. The first-order valence-corrected chi connectivity index (χ1v) is 12.2. The lowest BCUT2D eigenvalue weighted by atomic mass is 10.0. The molecule has 0 saturated carbocycles. The average molecular weight is 451 g/mol. The van der Waals surface area contributed by atoms with Crippen LogP contribution in [0.25, 0.3) is 0 Å². The quantitative estimate of drug-likeness (QED) is 0.396. The molecule has 32 heavy (non-hydrogen) atoms. The summed E-state index contributed by atoms with van der Waals surface area (Å²) in [4.78, 5) is 16.8. The SMILES string of the molecule is CCCCC(CC)COc1cc(O)cc(COC(=O)CCCN2CCN(CCO)CC2)c1. The Balaban J connectivity index is 1.68. The number of aliphatic hydroxyl groups is 1. The Bertz CT molecular complexity index is 662. The van der Waals surface area contributed by atoms with E-state index in [1.165, 1.54) is 12.8 Å². The summed E-state index contributed by atoms with van der Waals surface area (Å²) in [5.74, 6) is 1.03. The maximum absolute atomic E-state index is 12.1. The van der Waals surface area contributed by atoms with Gasteiger partial charge in [0, 0.05) is 45.2 Å². The van der Waals surface area contributed by atoms with E-state index in [9.17, 15) is 9.90 Å². The number of hydrogen-bond donors (Lipinski definition) is 2. The van der Waals surface area contributed by atoms with Gasteiger partial charge in [-0.1, -0.05) is 33.1 Å². The van der Waals surface area contributed by atoms with Gasteiger partial charge in [0.25, 0.3) is 0 Å². The van der Waals surface area contributed by atoms with Crippen molar-refractivity contribution in [2.24, 2.45) is 5.92 Å². The molecule has 1 aromatic rings. The number of unbranched alkanes of at least 4 members (excludes halogenated alkanes) is 1. The molecule has 0 spiro atoms. The molecule has 7 heteroatoms. The van der Waals surface area contributed by atoms with E-state index >= 15 is 0 Å². The first-order valence-electron chi connectivity index (χ1n) is 12.2. The van der Waals surface area contributed by atoms with Gasteiger partial charge in [-0.15, -0.1) is 0 Å². The molecular formula is C25H42N2O5. The molecule has 1 unspecified atom stereocenters. The second-order valence-electron chi connectivity index (χ2n) is 8.73. The number of aromatic hydroxyl groups is 1. The number of piperazine rings is 1. The molecule has 2 N–H and O–H groups in total. The van der Waals surface area contributed by atoms with Crippen molar-refractivity contribution >= 4 is 5.97 Å². The van der Waals surface area contributed by atoms with Crippen LogP contribution in [0.4, 0.5) is 0 Å². The van der Waals surface area contributed by atoms with Crippen LogP contribution in [-0.4, -0.2) is 78.5 Å². The van der Waals surface area contributed by atoms with Crippen LogP contribution in [0.5, 0.6) is 11.5 Å². The van der Waals surface area contributed by atoms with Crippen LogP contribution in [0.3, 0.4) is 0 Å². The van der Waals surface area contributed by atoms with Crippen molar-refractivity contribution < 1.29 is 24.5 Å². The van der Waals surface area contributed by atoms with E-state index in [4.69, 9.17) is 14.6 Å². The van der Waals surface area contributed by atoms with Gasteiger partial charge in [-0.2, -0.15) is 0 Å². The van der Waals surface area contributed by atoms with Crippen LogP contribution in [0.2, 0.25) is 0 Å². The lowest BCUT2D eigenvalue weighted by Crippen LogP contribution is -2.47. The third kappa shape index (κ3) is 10.2. The number of β-amino-alcohol motifs (C(OH)–C–C–N with tert-alkyl or cyclic N) is 1. The van der Waals surface area contributed by atoms with E-state index in [1.807, 2.05) is 6.07 Å². The van der Waals surface area contributed by atoms with E-state index in [1.54, 1.807) is 12.1 Å². The van der Waals surface area contributed by atoms with Crippen LogP contribution in [0, 0.1) is 5.92 Å². The number of carbonyl (C=O) groups excluding carboxylic acids is 1. The summed E-state index contributed by atoms with van der Waals surface area (Å²) < 4.78 is 11.3. The van der Waals surface area contributed by atoms with Crippen LogP contribution in [0.15, 0.2) is 18.2 Å². The topological polar surface area (TPSA) is 82.5 Å². The molecule has 0 radical (unpaired) electrons. The molecule has 1 aromatic carbocycles. The van der Waals surface area contributed by atoms with Crippen molar-refractivity contribution in [2.45, 2.75) is 59.0 Å². The molecule has 1 aliphatic rings. The molecule has 1 saturated heterocycles. The van der Waals surface area contributed by atoms with Crippen LogP contribution in [0.1, 0.15) is 57.9 Å². The monoisotopic (exact) mass is 450 g/mol. The average Bonchev–Trinajstić information content (AvgIpc) is 2.79. The largest absolute Gasteiger partial charge is 0.508 e. The highest BCUT2D eigenvalue weighted by Gasteiger charge is 2.16. The number of carbonyl (C=O) groups is 1. The zero-order valence-electron chi connectivity index (χ0n) is 19.9. The molecule has 1 atom stereocenters. The number of hydrogen-bond acceptors (Lipinski definition) is 7. The van der Waals surface area contributed by atoms with Gasteiger partial charge in [0.1, 0.15) is 18.1 Å². The molecule has 0 aromatic heterocycles. The van der Waals surface area contributed by atoms with E-state index in [2.05, 4.69) is 23.6 Å². The Morgan fingerprint density at radius 2 is 1.78 bits per heavy atom. The summed E-state index contributed by atoms with van der Waals surface area (Å²) >= 11 is 0. The van der Waals surface area contributed by atoms with E-state index in [-0.39, 0.29) is 24.9 Å². The Hall–Kier alpha value is -1.83. The van der Waals surface area contributed by atoms with Crippen molar-refractivity contribution in [1.29, 1.82) is 0 Å². The summed E-state index contributed by atoms with van der Waals surface area (Å²) in [5.41, 5.74) is 0.731. The molecule has 182 valence electrons. The zero-order valence-corrected chi connectivity index (χ0v) is 19.9. The fourth-order valence-electron chi connectivity index (χ4n) is 3.98. The standard InChI is InChI=1S/C25H42N2O5/c1-3-5-7-21(4-2)19-31-24-17-22(16-23(29)18-24)20-32-25(30)8-6-9-26-10-12-27(13-11-26)14-15-28/h16-18,21,28-29H,3-15,19-20H2,1-2H3. The number of nitrogens with zero attached hydrogens (tertiary/aromatic N) is 2. The maximum Gasteiger partial charge on any atom is 0.306 e. The third-order valence-electron chi connectivity index (χ3n) is 6.12. The second kappa shape index (κ2) is 15.1. The first-order chi connectivity index (χ1) is 15.5. The number of rotatable bonds is 15. The fourth-order valence-corrected chi connectivity index (χ4v) is 3.98. The zero-order chi connectivity index (χ0) is 23.2. The van der Waals surface area contributed by atoms with Crippen molar-refractivity contribution in [3.63, 3.8) is 0 Å². The third-order valence-corrected chi connectivity index (χ3v) is 6.12. The van der Waals surface area contributed by atoms with Gasteiger partial charge >= 0.3 is 5.97 Å². The van der Waals surface area contributed by atoms with E-state index in [0.717, 1.165) is 64.1 Å². The lowest BCUT2D eigenvalue weighted by molar-refractivity contribution is -0.145. The van der Waals surface area contributed by atoms with Gasteiger partial charge in [0.05, 0.1) is 13.2 Å². The molecule has 1 fully saturated rings. The van der Waals surface area contributed by atoms with Gasteiger partial charge in [0.2, 0.25) is 0 Å². The van der Waals surface area contributed by atoms with Gasteiger partial charge in [-0.25, -0.2) is 0 Å². The molecule has 7 nitrogen and oxygen atoms in total.